The van der Waals surface area contributed by atoms with Gasteiger partial charge in [0.2, 0.25) is 5.91 Å². The first kappa shape index (κ1) is 17.9. The predicted molar refractivity (Wildman–Crippen MR) is 99.6 cm³/mol. The van der Waals surface area contributed by atoms with Crippen LogP contribution in [0.15, 0.2) is 24.3 Å². The summed E-state index contributed by atoms with van der Waals surface area (Å²) in [7, 11) is 0. The number of nitrogens with zero attached hydrogens (tertiary/aromatic N) is 2. The molecule has 0 radical (unpaired) electrons. The third-order valence-corrected chi connectivity index (χ3v) is 5.26. The molecule has 2 unspecified atom stereocenters. The average molecular weight is 343 g/mol. The number of amides is 2. The van der Waals surface area contributed by atoms with E-state index in [4.69, 9.17) is 0 Å². The van der Waals surface area contributed by atoms with E-state index in [1.165, 1.54) is 0 Å². The summed E-state index contributed by atoms with van der Waals surface area (Å²) in [5.74, 6) is 0.836. The molecule has 5 nitrogen and oxygen atoms in total. The summed E-state index contributed by atoms with van der Waals surface area (Å²) in [5, 5.41) is 2.94. The van der Waals surface area contributed by atoms with E-state index in [-0.39, 0.29) is 17.7 Å². The third kappa shape index (κ3) is 4.60. The Hall–Kier alpha value is -1.88. The first-order valence-electron chi connectivity index (χ1n) is 9.51. The summed E-state index contributed by atoms with van der Waals surface area (Å²) in [4.78, 5) is 29.1. The maximum atomic E-state index is 12.7. The van der Waals surface area contributed by atoms with Crippen LogP contribution in [0.1, 0.15) is 43.5 Å². The fraction of sp³-hybridized carbons (Fsp3) is 0.600. The first-order valence-corrected chi connectivity index (χ1v) is 9.51. The Morgan fingerprint density at radius 1 is 1.12 bits per heavy atom. The van der Waals surface area contributed by atoms with Gasteiger partial charge in [0.15, 0.2) is 0 Å². The molecule has 1 saturated carbocycles. The van der Waals surface area contributed by atoms with Gasteiger partial charge in [0.05, 0.1) is 0 Å². The van der Waals surface area contributed by atoms with E-state index in [9.17, 15) is 9.59 Å². The zero-order valence-electron chi connectivity index (χ0n) is 15.3. The maximum Gasteiger partial charge on any atom is 0.253 e. The Morgan fingerprint density at radius 3 is 2.48 bits per heavy atom. The smallest absolute Gasteiger partial charge is 0.253 e. The van der Waals surface area contributed by atoms with E-state index in [0.717, 1.165) is 57.7 Å². The highest BCUT2D eigenvalue weighted by Crippen LogP contribution is 2.38. The molecule has 1 aromatic rings. The molecular formula is C20H29N3O2. The van der Waals surface area contributed by atoms with Gasteiger partial charge in [-0.1, -0.05) is 13.8 Å². The van der Waals surface area contributed by atoms with Crippen LogP contribution in [-0.2, 0) is 4.79 Å². The molecule has 0 bridgehead atoms. The van der Waals surface area contributed by atoms with Crippen molar-refractivity contribution in [3.8, 4) is 0 Å². The molecule has 2 amide bonds. The summed E-state index contributed by atoms with van der Waals surface area (Å²) >= 11 is 0. The van der Waals surface area contributed by atoms with Gasteiger partial charge in [-0.05, 0) is 62.5 Å². The average Bonchev–Trinajstić information content (AvgIpc) is 3.38. The van der Waals surface area contributed by atoms with Crippen LogP contribution >= 0.6 is 0 Å². The molecule has 5 heteroatoms. The molecule has 2 atom stereocenters. The van der Waals surface area contributed by atoms with Gasteiger partial charge in [-0.25, -0.2) is 0 Å². The Bertz CT molecular complexity index is 614. The van der Waals surface area contributed by atoms with Crippen molar-refractivity contribution in [2.45, 2.75) is 33.1 Å². The number of rotatable bonds is 5. The standard InChI is InChI=1S/C20H29N3O2/c1-3-9-22-10-4-11-23(13-12-22)20(25)16-5-7-17(8-6-16)21-19(24)18-14-15(18)2/h5-8,15,18H,3-4,9-14H2,1-2H3,(H,21,24). The van der Waals surface area contributed by atoms with Crippen molar-refractivity contribution in [2.75, 3.05) is 38.0 Å². The van der Waals surface area contributed by atoms with Crippen LogP contribution in [0.5, 0.6) is 0 Å². The fourth-order valence-electron chi connectivity index (χ4n) is 3.51. The number of benzene rings is 1. The number of carbonyl (C=O) groups is 2. The molecule has 2 fully saturated rings. The second-order valence-electron chi connectivity index (χ2n) is 7.37. The lowest BCUT2D eigenvalue weighted by molar-refractivity contribution is -0.117. The molecule has 25 heavy (non-hydrogen) atoms. The van der Waals surface area contributed by atoms with Gasteiger partial charge in [0.25, 0.3) is 5.91 Å². The van der Waals surface area contributed by atoms with Crippen molar-refractivity contribution in [3.05, 3.63) is 29.8 Å². The zero-order valence-corrected chi connectivity index (χ0v) is 15.3. The van der Waals surface area contributed by atoms with Crippen LogP contribution in [0.3, 0.4) is 0 Å². The monoisotopic (exact) mass is 343 g/mol. The summed E-state index contributed by atoms with van der Waals surface area (Å²) in [6.07, 6.45) is 3.16. The minimum absolute atomic E-state index is 0.0899. The first-order chi connectivity index (χ1) is 12.1. The van der Waals surface area contributed by atoms with E-state index >= 15 is 0 Å². The highest BCUT2D eigenvalue weighted by molar-refractivity contribution is 5.97. The van der Waals surface area contributed by atoms with Gasteiger partial charge in [0, 0.05) is 36.8 Å². The van der Waals surface area contributed by atoms with Gasteiger partial charge in [0.1, 0.15) is 0 Å². The Morgan fingerprint density at radius 2 is 1.84 bits per heavy atom. The molecular weight excluding hydrogens is 314 g/mol. The van der Waals surface area contributed by atoms with Gasteiger partial charge in [-0.2, -0.15) is 0 Å². The van der Waals surface area contributed by atoms with E-state index in [2.05, 4.69) is 24.1 Å². The van der Waals surface area contributed by atoms with Crippen LogP contribution in [0.2, 0.25) is 0 Å². The van der Waals surface area contributed by atoms with Crippen LogP contribution in [0.25, 0.3) is 0 Å². The fourth-order valence-corrected chi connectivity index (χ4v) is 3.51. The molecule has 1 N–H and O–H groups in total. The molecule has 3 rings (SSSR count). The van der Waals surface area contributed by atoms with Crippen LogP contribution < -0.4 is 5.32 Å². The Balaban J connectivity index is 1.56. The number of nitrogens with one attached hydrogen (secondary N) is 1. The highest BCUT2D eigenvalue weighted by atomic mass is 16.2. The molecule has 1 heterocycles. The predicted octanol–water partition coefficient (Wildman–Crippen LogP) is 2.84. The molecule has 2 aliphatic rings. The second-order valence-corrected chi connectivity index (χ2v) is 7.37. The minimum Gasteiger partial charge on any atom is -0.337 e. The van der Waals surface area contributed by atoms with Crippen molar-refractivity contribution in [1.82, 2.24) is 9.80 Å². The number of anilines is 1. The van der Waals surface area contributed by atoms with Crippen molar-refractivity contribution < 1.29 is 9.59 Å². The van der Waals surface area contributed by atoms with Crippen molar-refractivity contribution in [1.29, 1.82) is 0 Å². The summed E-state index contributed by atoms with van der Waals surface area (Å²) in [5.41, 5.74) is 1.47. The summed E-state index contributed by atoms with van der Waals surface area (Å²) in [6.45, 7) is 9.02. The SMILES string of the molecule is CCCN1CCCN(C(=O)c2ccc(NC(=O)C3CC3C)cc2)CC1. The van der Waals surface area contributed by atoms with Crippen LogP contribution in [0.4, 0.5) is 5.69 Å². The lowest BCUT2D eigenvalue weighted by Crippen LogP contribution is -2.35. The lowest BCUT2D eigenvalue weighted by atomic mass is 10.1. The van der Waals surface area contributed by atoms with Crippen molar-refractivity contribution in [2.24, 2.45) is 11.8 Å². The number of hydrogen-bond acceptors (Lipinski definition) is 3. The minimum atomic E-state index is 0.0899. The summed E-state index contributed by atoms with van der Waals surface area (Å²) < 4.78 is 0. The van der Waals surface area contributed by atoms with Gasteiger partial charge >= 0.3 is 0 Å². The van der Waals surface area contributed by atoms with Crippen LogP contribution in [0, 0.1) is 11.8 Å². The van der Waals surface area contributed by atoms with Crippen molar-refractivity contribution >= 4 is 17.5 Å². The zero-order chi connectivity index (χ0) is 17.8. The molecule has 136 valence electrons. The number of hydrogen-bond donors (Lipinski definition) is 1. The highest BCUT2D eigenvalue weighted by Gasteiger charge is 2.39. The normalized spacial score (nSPS) is 23.8. The van der Waals surface area contributed by atoms with Crippen LogP contribution in [-0.4, -0.2) is 54.3 Å². The van der Waals surface area contributed by atoms with E-state index in [0.29, 0.717) is 11.5 Å². The number of carbonyl (C=O) groups excluding carboxylic acids is 2. The largest absolute Gasteiger partial charge is 0.337 e. The second kappa shape index (κ2) is 8.00. The van der Waals surface area contributed by atoms with Gasteiger partial charge in [-0.15, -0.1) is 0 Å². The third-order valence-electron chi connectivity index (χ3n) is 5.26. The van der Waals surface area contributed by atoms with E-state index < -0.39 is 0 Å². The molecule has 0 aromatic heterocycles. The van der Waals surface area contributed by atoms with E-state index in [1.807, 2.05) is 29.2 Å². The Kier molecular flexibility index (Phi) is 5.74. The maximum absolute atomic E-state index is 12.7. The van der Waals surface area contributed by atoms with Gasteiger partial charge < -0.3 is 15.1 Å². The molecule has 1 aliphatic heterocycles. The quantitative estimate of drug-likeness (QED) is 0.894. The summed E-state index contributed by atoms with van der Waals surface area (Å²) in [6, 6.07) is 7.31. The topological polar surface area (TPSA) is 52.6 Å². The molecule has 1 aromatic carbocycles. The van der Waals surface area contributed by atoms with E-state index in [1.54, 1.807) is 0 Å². The van der Waals surface area contributed by atoms with Gasteiger partial charge in [-0.3, -0.25) is 9.59 Å². The molecule has 1 saturated heterocycles. The molecule has 1 aliphatic carbocycles. The van der Waals surface area contributed by atoms with Crippen molar-refractivity contribution in [3.63, 3.8) is 0 Å². The lowest BCUT2D eigenvalue weighted by Gasteiger charge is -2.22. The molecule has 0 spiro atoms. The Labute approximate surface area is 150 Å².